The van der Waals surface area contributed by atoms with Gasteiger partial charge < -0.3 is 19.4 Å². The van der Waals surface area contributed by atoms with Crippen LogP contribution in [0.15, 0.2) is 40.8 Å². The molecule has 1 unspecified atom stereocenters. The van der Waals surface area contributed by atoms with Gasteiger partial charge >= 0.3 is 0 Å². The van der Waals surface area contributed by atoms with Gasteiger partial charge in [0, 0.05) is 45.3 Å². The average molecular weight is 410 g/mol. The molecule has 2 aliphatic heterocycles. The minimum absolute atomic E-state index is 0. The molecule has 28 heavy (non-hydrogen) atoms. The lowest BCUT2D eigenvalue weighted by atomic mass is 10.2. The third-order valence-corrected chi connectivity index (χ3v) is 5.19. The Hall–Kier alpha value is -2.09. The standard InChI is InChI=1S/C20H24FN3O3.ClH/c21-15-1-3-17(4-2-15)26-14-18-5-6-19(27-18)20(25)24-10-7-16(13-24)23-11-8-22-9-12-23;/h1-6,16,22H,7-14H2;1H. The maximum absolute atomic E-state index is 12.9. The summed E-state index contributed by atoms with van der Waals surface area (Å²) in [6, 6.07) is 9.69. The molecule has 1 amide bonds. The van der Waals surface area contributed by atoms with Gasteiger partial charge in [-0.1, -0.05) is 0 Å². The molecular formula is C20H25ClFN3O3. The van der Waals surface area contributed by atoms with Crippen LogP contribution >= 0.6 is 12.4 Å². The summed E-state index contributed by atoms with van der Waals surface area (Å²) in [6.07, 6.45) is 1.01. The number of ether oxygens (including phenoxy) is 1. The Morgan fingerprint density at radius 2 is 1.89 bits per heavy atom. The lowest BCUT2D eigenvalue weighted by molar-refractivity contribution is 0.0738. The fraction of sp³-hybridized carbons (Fsp3) is 0.450. The Labute approximate surface area is 170 Å². The zero-order valence-corrected chi connectivity index (χ0v) is 16.4. The Kier molecular flexibility index (Phi) is 6.93. The molecule has 4 rings (SSSR count). The van der Waals surface area contributed by atoms with E-state index >= 15 is 0 Å². The topological polar surface area (TPSA) is 58.0 Å². The van der Waals surface area contributed by atoms with Gasteiger partial charge in [0.15, 0.2) is 5.76 Å². The number of benzene rings is 1. The summed E-state index contributed by atoms with van der Waals surface area (Å²) in [5.74, 6) is 1.09. The number of furan rings is 1. The summed E-state index contributed by atoms with van der Waals surface area (Å²) in [5, 5.41) is 3.36. The van der Waals surface area contributed by atoms with Crippen LogP contribution in [0.3, 0.4) is 0 Å². The molecule has 0 saturated carbocycles. The third kappa shape index (κ3) is 4.84. The van der Waals surface area contributed by atoms with Crippen molar-refractivity contribution in [3.8, 4) is 5.75 Å². The van der Waals surface area contributed by atoms with Crippen molar-refractivity contribution in [3.63, 3.8) is 0 Å². The van der Waals surface area contributed by atoms with Crippen molar-refractivity contribution in [2.24, 2.45) is 0 Å². The minimum Gasteiger partial charge on any atom is -0.486 e. The van der Waals surface area contributed by atoms with Crippen molar-refractivity contribution in [1.29, 1.82) is 0 Å². The molecule has 0 aliphatic carbocycles. The zero-order chi connectivity index (χ0) is 18.6. The first kappa shape index (κ1) is 20.6. The van der Waals surface area contributed by atoms with Gasteiger partial charge in [-0.2, -0.15) is 0 Å². The van der Waals surface area contributed by atoms with Crippen LogP contribution in [0, 0.1) is 5.82 Å². The zero-order valence-electron chi connectivity index (χ0n) is 15.6. The lowest BCUT2D eigenvalue weighted by Gasteiger charge is -2.32. The predicted molar refractivity (Wildman–Crippen MR) is 105 cm³/mol. The number of likely N-dealkylation sites (tertiary alicyclic amines) is 1. The maximum Gasteiger partial charge on any atom is 0.289 e. The van der Waals surface area contributed by atoms with Crippen LogP contribution < -0.4 is 10.1 Å². The first-order valence-electron chi connectivity index (χ1n) is 9.40. The summed E-state index contributed by atoms with van der Waals surface area (Å²) in [7, 11) is 0. The van der Waals surface area contributed by atoms with E-state index in [1.165, 1.54) is 12.1 Å². The van der Waals surface area contributed by atoms with Crippen LogP contribution in [0.4, 0.5) is 4.39 Å². The van der Waals surface area contributed by atoms with Crippen molar-refractivity contribution < 1.29 is 18.3 Å². The molecule has 8 heteroatoms. The quantitative estimate of drug-likeness (QED) is 0.822. The highest BCUT2D eigenvalue weighted by Crippen LogP contribution is 2.20. The van der Waals surface area contributed by atoms with Gasteiger partial charge in [0.25, 0.3) is 5.91 Å². The van der Waals surface area contributed by atoms with Crippen molar-refractivity contribution in [2.45, 2.75) is 19.1 Å². The highest BCUT2D eigenvalue weighted by Gasteiger charge is 2.32. The Morgan fingerprint density at radius 1 is 1.14 bits per heavy atom. The summed E-state index contributed by atoms with van der Waals surface area (Å²) in [4.78, 5) is 17.1. The molecule has 0 spiro atoms. The normalized spacial score (nSPS) is 20.0. The third-order valence-electron chi connectivity index (χ3n) is 5.19. The number of hydrogen-bond donors (Lipinski definition) is 1. The molecule has 1 aromatic carbocycles. The van der Waals surface area contributed by atoms with Gasteiger partial charge in [0.1, 0.15) is 23.9 Å². The summed E-state index contributed by atoms with van der Waals surface area (Å²) in [5.41, 5.74) is 0. The highest BCUT2D eigenvalue weighted by molar-refractivity contribution is 5.91. The van der Waals surface area contributed by atoms with Crippen LogP contribution in [0.2, 0.25) is 0 Å². The van der Waals surface area contributed by atoms with Crippen LogP contribution in [-0.2, 0) is 6.61 Å². The van der Waals surface area contributed by atoms with E-state index in [0.29, 0.717) is 23.3 Å². The fourth-order valence-electron chi connectivity index (χ4n) is 3.68. The van der Waals surface area contributed by atoms with Crippen LogP contribution in [0.25, 0.3) is 0 Å². The number of hydrogen-bond acceptors (Lipinski definition) is 5. The van der Waals surface area contributed by atoms with Crippen LogP contribution in [0.5, 0.6) is 5.75 Å². The molecule has 2 aromatic rings. The number of halogens is 2. The molecule has 0 radical (unpaired) electrons. The second-order valence-electron chi connectivity index (χ2n) is 6.99. The molecule has 6 nitrogen and oxygen atoms in total. The monoisotopic (exact) mass is 409 g/mol. The molecule has 2 aliphatic rings. The molecule has 1 N–H and O–H groups in total. The van der Waals surface area contributed by atoms with Gasteiger partial charge in [-0.05, 0) is 42.8 Å². The van der Waals surface area contributed by atoms with Crippen molar-refractivity contribution in [2.75, 3.05) is 39.3 Å². The van der Waals surface area contributed by atoms with E-state index in [2.05, 4.69) is 10.2 Å². The second kappa shape index (κ2) is 9.41. The molecule has 0 bridgehead atoms. The summed E-state index contributed by atoms with van der Waals surface area (Å²) < 4.78 is 24.1. The van der Waals surface area contributed by atoms with Crippen molar-refractivity contribution >= 4 is 18.3 Å². The fourth-order valence-corrected chi connectivity index (χ4v) is 3.68. The molecule has 1 aromatic heterocycles. The minimum atomic E-state index is -0.307. The van der Waals surface area contributed by atoms with E-state index in [1.54, 1.807) is 24.3 Å². The van der Waals surface area contributed by atoms with Crippen LogP contribution in [0.1, 0.15) is 22.7 Å². The molecule has 2 fully saturated rings. The van der Waals surface area contributed by atoms with Crippen LogP contribution in [-0.4, -0.2) is 61.0 Å². The number of nitrogens with one attached hydrogen (secondary N) is 1. The SMILES string of the molecule is Cl.O=C(c1ccc(COc2ccc(F)cc2)o1)N1CCC(N2CCNCC2)C1. The first-order chi connectivity index (χ1) is 13.2. The van der Waals surface area contributed by atoms with Gasteiger partial charge in [-0.3, -0.25) is 9.69 Å². The molecule has 3 heterocycles. The molecular weight excluding hydrogens is 385 g/mol. The maximum atomic E-state index is 12.9. The summed E-state index contributed by atoms with van der Waals surface area (Å²) >= 11 is 0. The lowest BCUT2D eigenvalue weighted by Crippen LogP contribution is -2.49. The molecule has 1 atom stereocenters. The smallest absolute Gasteiger partial charge is 0.289 e. The van der Waals surface area contributed by atoms with Crippen molar-refractivity contribution in [1.82, 2.24) is 15.1 Å². The van der Waals surface area contributed by atoms with E-state index in [0.717, 1.165) is 45.7 Å². The van der Waals surface area contributed by atoms with Gasteiger partial charge in [-0.15, -0.1) is 12.4 Å². The largest absolute Gasteiger partial charge is 0.486 e. The van der Waals surface area contributed by atoms with E-state index < -0.39 is 0 Å². The van der Waals surface area contributed by atoms with Gasteiger partial charge in [0.05, 0.1) is 0 Å². The number of nitrogens with zero attached hydrogens (tertiary/aromatic N) is 2. The number of carbonyl (C=O) groups is 1. The predicted octanol–water partition coefficient (Wildman–Crippen LogP) is 2.54. The van der Waals surface area contributed by atoms with Crippen molar-refractivity contribution in [3.05, 3.63) is 53.7 Å². The second-order valence-corrected chi connectivity index (χ2v) is 6.99. The molecule has 2 saturated heterocycles. The van der Waals surface area contributed by atoms with E-state index in [9.17, 15) is 9.18 Å². The first-order valence-corrected chi connectivity index (χ1v) is 9.40. The van der Waals surface area contributed by atoms with Gasteiger partial charge in [0.2, 0.25) is 0 Å². The average Bonchev–Trinajstić information content (AvgIpc) is 3.38. The number of piperazine rings is 1. The van der Waals surface area contributed by atoms with Gasteiger partial charge in [-0.25, -0.2) is 4.39 Å². The summed E-state index contributed by atoms with van der Waals surface area (Å²) in [6.45, 7) is 5.82. The van der Waals surface area contributed by atoms with E-state index in [1.807, 2.05) is 4.90 Å². The van der Waals surface area contributed by atoms with E-state index in [4.69, 9.17) is 9.15 Å². The Balaban J connectivity index is 0.00000225. The number of rotatable bonds is 5. The van der Waals surface area contributed by atoms with E-state index in [-0.39, 0.29) is 30.7 Å². The Bertz CT molecular complexity index is 777. The number of carbonyl (C=O) groups excluding carboxylic acids is 1. The molecule has 152 valence electrons. The highest BCUT2D eigenvalue weighted by atomic mass is 35.5. The Morgan fingerprint density at radius 3 is 2.64 bits per heavy atom. The number of amides is 1.